The molecule has 7 heteroatoms. The van der Waals surface area contributed by atoms with Gasteiger partial charge in [-0.3, -0.25) is 10.9 Å². The molecule has 1 aromatic carbocycles. The Bertz CT molecular complexity index is 561. The number of nitrogen functional groups attached to an aromatic ring is 1. The lowest BCUT2D eigenvalue weighted by Crippen LogP contribution is -2.30. The van der Waals surface area contributed by atoms with E-state index in [9.17, 15) is 0 Å². The third-order valence-electron chi connectivity index (χ3n) is 2.62. The molecule has 0 fully saturated rings. The minimum Gasteiger partial charge on any atom is -0.382 e. The van der Waals surface area contributed by atoms with Crippen LogP contribution in [0.2, 0.25) is 0 Å². The van der Waals surface area contributed by atoms with Gasteiger partial charge in [0.25, 0.3) is 0 Å². The fourth-order valence-electron chi connectivity index (χ4n) is 1.69. The number of aryl methyl sites for hydroxylation is 1. The Hall–Kier alpha value is -1.89. The maximum Gasteiger partial charge on any atom is 0.195 e. The largest absolute Gasteiger partial charge is 0.382 e. The topological polar surface area (TPSA) is 71.1 Å². The summed E-state index contributed by atoms with van der Waals surface area (Å²) in [6, 6.07) is 7.90. The second kappa shape index (κ2) is 3.56. The van der Waals surface area contributed by atoms with Crippen molar-refractivity contribution in [3.63, 3.8) is 0 Å². The van der Waals surface area contributed by atoms with Gasteiger partial charge in [0.1, 0.15) is 11.5 Å². The summed E-state index contributed by atoms with van der Waals surface area (Å²) in [4.78, 5) is 0. The smallest absolute Gasteiger partial charge is 0.195 e. The van der Waals surface area contributed by atoms with E-state index < -0.39 is 0 Å². The van der Waals surface area contributed by atoms with Crippen molar-refractivity contribution in [3.05, 3.63) is 28.7 Å². The van der Waals surface area contributed by atoms with Crippen molar-refractivity contribution in [1.82, 2.24) is 9.78 Å². The number of nitrogens with two attached hydrogens (primary N) is 1. The third kappa shape index (κ3) is 1.59. The van der Waals surface area contributed by atoms with Gasteiger partial charge in [-0.05, 0) is 24.3 Å². The van der Waals surface area contributed by atoms with Gasteiger partial charge in [0.2, 0.25) is 0 Å². The van der Waals surface area contributed by atoms with Crippen LogP contribution in [0, 0.1) is 0 Å². The van der Waals surface area contributed by atoms with Gasteiger partial charge in [-0.2, -0.15) is 5.12 Å². The Kier molecular flexibility index (Phi) is 2.15. The van der Waals surface area contributed by atoms with E-state index in [0.29, 0.717) is 5.82 Å². The Balaban J connectivity index is 1.89. The van der Waals surface area contributed by atoms with Gasteiger partial charge in [0.15, 0.2) is 5.82 Å². The van der Waals surface area contributed by atoms with Gasteiger partial charge >= 0.3 is 0 Å². The van der Waals surface area contributed by atoms with Crippen LogP contribution in [-0.4, -0.2) is 9.78 Å². The lowest BCUT2D eigenvalue weighted by molar-refractivity contribution is 0.777. The monoisotopic (exact) mass is 294 g/mol. The van der Waals surface area contributed by atoms with Crippen LogP contribution in [-0.2, 0) is 7.05 Å². The normalized spacial score (nSPS) is 13.2. The van der Waals surface area contributed by atoms with E-state index in [-0.39, 0.29) is 0 Å². The minimum absolute atomic E-state index is 0.604. The van der Waals surface area contributed by atoms with E-state index in [1.165, 1.54) is 0 Å². The maximum atomic E-state index is 5.88. The molecule has 2 aromatic rings. The molecule has 0 aliphatic carbocycles. The van der Waals surface area contributed by atoms with Crippen LogP contribution in [0.15, 0.2) is 28.7 Å². The van der Waals surface area contributed by atoms with Crippen molar-refractivity contribution in [2.24, 2.45) is 7.05 Å². The molecule has 0 saturated heterocycles. The van der Waals surface area contributed by atoms with Crippen molar-refractivity contribution in [2.75, 3.05) is 21.7 Å². The number of nitrogens with zero attached hydrogens (tertiary/aromatic N) is 3. The summed E-state index contributed by atoms with van der Waals surface area (Å²) in [6.45, 7) is 0. The Morgan fingerprint density at radius 3 is 2.59 bits per heavy atom. The van der Waals surface area contributed by atoms with E-state index >= 15 is 0 Å². The molecule has 4 N–H and O–H groups in total. The molecule has 0 spiro atoms. The maximum absolute atomic E-state index is 5.88. The number of rotatable bonds is 1. The van der Waals surface area contributed by atoms with Crippen LogP contribution in [0.4, 0.5) is 23.0 Å². The van der Waals surface area contributed by atoms with Gasteiger partial charge in [0.05, 0.1) is 5.69 Å². The summed E-state index contributed by atoms with van der Waals surface area (Å²) in [5.41, 5.74) is 13.9. The fourth-order valence-corrected chi connectivity index (χ4v) is 1.95. The lowest BCUT2D eigenvalue weighted by atomic mass is 10.3. The molecular formula is C10H11BrN6. The van der Waals surface area contributed by atoms with Crippen LogP contribution in [0.25, 0.3) is 0 Å². The number of anilines is 4. The number of hydrogen-bond donors (Lipinski definition) is 3. The number of hydrogen-bond acceptors (Lipinski definition) is 5. The molecule has 88 valence electrons. The zero-order valence-electron chi connectivity index (χ0n) is 9.11. The number of fused-ring (bicyclic) bond motifs is 1. The second-order valence-electron chi connectivity index (χ2n) is 3.77. The highest BCUT2D eigenvalue weighted by atomic mass is 79.9. The average molecular weight is 295 g/mol. The molecule has 1 aliphatic heterocycles. The van der Waals surface area contributed by atoms with Crippen molar-refractivity contribution < 1.29 is 0 Å². The summed E-state index contributed by atoms with van der Waals surface area (Å²) in [7, 11) is 1.81. The highest BCUT2D eigenvalue weighted by Gasteiger charge is 2.24. The third-order valence-corrected chi connectivity index (χ3v) is 3.15. The highest BCUT2D eigenvalue weighted by Crippen LogP contribution is 2.34. The zero-order chi connectivity index (χ0) is 12.0. The standard InChI is InChI=1S/C10H11BrN6/c1-16-9(12)8-10(14-16)15-17(13-8)7-4-2-6(11)3-5-7/h2-5,13H,12H2,1H3,(H,14,15). The SMILES string of the molecule is Cn1nc2c(c1N)NN(c1ccc(Br)cc1)N2. The summed E-state index contributed by atoms with van der Waals surface area (Å²) in [5, 5.41) is 6.03. The first kappa shape index (κ1) is 10.3. The van der Waals surface area contributed by atoms with Gasteiger partial charge in [-0.25, -0.2) is 4.68 Å². The molecule has 6 nitrogen and oxygen atoms in total. The number of halogens is 1. The predicted molar refractivity (Wildman–Crippen MR) is 71.5 cm³/mol. The van der Waals surface area contributed by atoms with Gasteiger partial charge in [-0.15, -0.1) is 5.10 Å². The summed E-state index contributed by atoms with van der Waals surface area (Å²) >= 11 is 3.40. The molecule has 1 aromatic heterocycles. The molecule has 2 heterocycles. The Morgan fingerprint density at radius 2 is 1.94 bits per heavy atom. The molecule has 0 unspecified atom stereocenters. The van der Waals surface area contributed by atoms with E-state index in [1.807, 2.05) is 24.3 Å². The quantitative estimate of drug-likeness (QED) is 0.750. The molecule has 0 amide bonds. The Labute approximate surface area is 106 Å². The zero-order valence-corrected chi connectivity index (χ0v) is 10.7. The number of nitrogens with one attached hydrogen (secondary N) is 2. The van der Waals surface area contributed by atoms with E-state index in [4.69, 9.17) is 5.73 Å². The highest BCUT2D eigenvalue weighted by molar-refractivity contribution is 9.10. The number of benzene rings is 1. The lowest BCUT2D eigenvalue weighted by Gasteiger charge is -2.19. The first-order valence-electron chi connectivity index (χ1n) is 5.06. The summed E-state index contributed by atoms with van der Waals surface area (Å²) in [5.74, 6) is 1.33. The van der Waals surface area contributed by atoms with Gasteiger partial charge in [-0.1, -0.05) is 15.9 Å². The molecule has 0 saturated carbocycles. The fraction of sp³-hybridized carbons (Fsp3) is 0.100. The average Bonchev–Trinajstić information content (AvgIpc) is 2.82. The first-order valence-corrected chi connectivity index (χ1v) is 5.86. The first-order chi connectivity index (χ1) is 8.15. The molecule has 17 heavy (non-hydrogen) atoms. The van der Waals surface area contributed by atoms with Crippen LogP contribution < -0.4 is 21.7 Å². The molecule has 0 radical (unpaired) electrons. The molecular weight excluding hydrogens is 284 g/mol. The summed E-state index contributed by atoms with van der Waals surface area (Å²) < 4.78 is 2.67. The van der Waals surface area contributed by atoms with Crippen LogP contribution in [0.5, 0.6) is 0 Å². The van der Waals surface area contributed by atoms with Crippen LogP contribution in [0.1, 0.15) is 0 Å². The number of hydrazine groups is 2. The van der Waals surface area contributed by atoms with Gasteiger partial charge in [0, 0.05) is 11.5 Å². The minimum atomic E-state index is 0.604. The van der Waals surface area contributed by atoms with E-state index in [0.717, 1.165) is 21.7 Å². The Morgan fingerprint density at radius 1 is 1.24 bits per heavy atom. The molecule has 1 aliphatic rings. The molecule has 3 rings (SSSR count). The molecule has 0 bridgehead atoms. The van der Waals surface area contributed by atoms with Crippen LogP contribution >= 0.6 is 15.9 Å². The van der Waals surface area contributed by atoms with Crippen molar-refractivity contribution in [1.29, 1.82) is 0 Å². The number of aromatic nitrogens is 2. The van der Waals surface area contributed by atoms with E-state index in [2.05, 4.69) is 31.9 Å². The second-order valence-corrected chi connectivity index (χ2v) is 4.68. The summed E-state index contributed by atoms with van der Waals surface area (Å²) in [6.07, 6.45) is 0. The van der Waals surface area contributed by atoms with Crippen molar-refractivity contribution >= 4 is 38.9 Å². The van der Waals surface area contributed by atoms with E-state index in [1.54, 1.807) is 16.8 Å². The van der Waals surface area contributed by atoms with Crippen molar-refractivity contribution in [3.8, 4) is 0 Å². The van der Waals surface area contributed by atoms with Crippen LogP contribution in [0.3, 0.4) is 0 Å². The molecule has 0 atom stereocenters. The van der Waals surface area contributed by atoms with Gasteiger partial charge < -0.3 is 5.73 Å². The van der Waals surface area contributed by atoms with Crippen molar-refractivity contribution in [2.45, 2.75) is 0 Å². The predicted octanol–water partition coefficient (Wildman–Crippen LogP) is 1.94.